The summed E-state index contributed by atoms with van der Waals surface area (Å²) in [4.78, 5) is 23.4. The van der Waals surface area contributed by atoms with E-state index in [2.05, 4.69) is 22.4 Å². The molecule has 0 spiro atoms. The van der Waals surface area contributed by atoms with E-state index in [1.807, 2.05) is 11.5 Å². The molecule has 2 rings (SSSR count). The lowest BCUT2D eigenvalue weighted by molar-refractivity contribution is -0.119. The molecule has 0 aromatic carbocycles. The zero-order valence-corrected chi connectivity index (χ0v) is 17.8. The number of primary amides is 1. The van der Waals surface area contributed by atoms with Crippen LogP contribution < -0.4 is 11.1 Å². The van der Waals surface area contributed by atoms with Crippen LogP contribution in [0.2, 0.25) is 0 Å². The SMILES string of the molecule is CCCCCC(C)NC(=O)CSc1nnc(CCC(N)=O)n1CC1CCCO1. The average molecular weight is 412 g/mol. The van der Waals surface area contributed by atoms with Gasteiger partial charge >= 0.3 is 0 Å². The van der Waals surface area contributed by atoms with Gasteiger partial charge in [-0.05, 0) is 26.2 Å². The van der Waals surface area contributed by atoms with E-state index < -0.39 is 0 Å². The van der Waals surface area contributed by atoms with Gasteiger partial charge in [0.15, 0.2) is 5.16 Å². The number of thioether (sulfide) groups is 1. The maximum absolute atomic E-state index is 12.3. The van der Waals surface area contributed by atoms with Gasteiger partial charge in [0.1, 0.15) is 5.82 Å². The van der Waals surface area contributed by atoms with E-state index in [4.69, 9.17) is 10.5 Å². The first-order valence-electron chi connectivity index (χ1n) is 10.2. The zero-order valence-electron chi connectivity index (χ0n) is 17.0. The molecule has 2 unspecified atom stereocenters. The largest absolute Gasteiger partial charge is 0.376 e. The fourth-order valence-corrected chi connectivity index (χ4v) is 4.02. The molecule has 28 heavy (non-hydrogen) atoms. The van der Waals surface area contributed by atoms with Crippen molar-refractivity contribution in [1.82, 2.24) is 20.1 Å². The number of hydrogen-bond acceptors (Lipinski definition) is 6. The molecule has 2 atom stereocenters. The Kier molecular flexibility index (Phi) is 9.77. The number of rotatable bonds is 13. The Labute approximate surface area is 171 Å². The minimum absolute atomic E-state index is 0.000601. The Morgan fingerprint density at radius 1 is 1.39 bits per heavy atom. The first-order chi connectivity index (χ1) is 13.5. The molecule has 1 fully saturated rings. The third kappa shape index (κ3) is 7.79. The van der Waals surface area contributed by atoms with E-state index in [0.717, 1.165) is 32.3 Å². The molecule has 0 saturated carbocycles. The topological polar surface area (TPSA) is 112 Å². The van der Waals surface area contributed by atoms with Crippen molar-refractivity contribution >= 4 is 23.6 Å². The zero-order chi connectivity index (χ0) is 20.4. The van der Waals surface area contributed by atoms with Gasteiger partial charge < -0.3 is 20.4 Å². The number of amides is 2. The molecule has 2 heterocycles. The van der Waals surface area contributed by atoms with Gasteiger partial charge in [-0.25, -0.2) is 0 Å². The van der Waals surface area contributed by atoms with Crippen LogP contribution in [0.1, 0.15) is 64.6 Å². The quantitative estimate of drug-likeness (QED) is 0.379. The predicted octanol–water partition coefficient (Wildman–Crippen LogP) is 2.05. The highest BCUT2D eigenvalue weighted by molar-refractivity contribution is 7.99. The van der Waals surface area contributed by atoms with Crippen LogP contribution in [0.5, 0.6) is 0 Å². The van der Waals surface area contributed by atoms with E-state index >= 15 is 0 Å². The van der Waals surface area contributed by atoms with E-state index in [1.54, 1.807) is 0 Å². The molecule has 8 nitrogen and oxygen atoms in total. The van der Waals surface area contributed by atoms with Crippen LogP contribution in [-0.4, -0.2) is 51.1 Å². The molecule has 1 saturated heterocycles. The normalized spacial score (nSPS) is 17.6. The van der Waals surface area contributed by atoms with Crippen LogP contribution >= 0.6 is 11.8 Å². The molecular weight excluding hydrogens is 378 g/mol. The van der Waals surface area contributed by atoms with Crippen molar-refractivity contribution in [3.8, 4) is 0 Å². The van der Waals surface area contributed by atoms with Gasteiger partial charge in [-0.2, -0.15) is 0 Å². The first-order valence-corrected chi connectivity index (χ1v) is 11.2. The lowest BCUT2D eigenvalue weighted by Gasteiger charge is -2.15. The second kappa shape index (κ2) is 12.1. The summed E-state index contributed by atoms with van der Waals surface area (Å²) in [6.07, 6.45) is 7.32. The standard InChI is InChI=1S/C19H33N5O3S/c1-3-4-5-7-14(2)21-18(26)13-28-19-23-22-17(10-9-16(20)25)24(19)12-15-8-6-11-27-15/h14-15H,3-13H2,1-2H3,(H2,20,25)(H,21,26). The summed E-state index contributed by atoms with van der Waals surface area (Å²) in [5, 5.41) is 12.2. The summed E-state index contributed by atoms with van der Waals surface area (Å²) >= 11 is 1.37. The van der Waals surface area contributed by atoms with Crippen molar-refractivity contribution in [3.63, 3.8) is 0 Å². The lowest BCUT2D eigenvalue weighted by atomic mass is 10.1. The molecule has 158 valence electrons. The number of aryl methyl sites for hydroxylation is 1. The minimum Gasteiger partial charge on any atom is -0.376 e. The molecule has 0 radical (unpaired) electrons. The van der Waals surface area contributed by atoms with Gasteiger partial charge in [-0.1, -0.05) is 37.9 Å². The van der Waals surface area contributed by atoms with Crippen LogP contribution in [0.4, 0.5) is 0 Å². The van der Waals surface area contributed by atoms with Gasteiger partial charge in [0.05, 0.1) is 18.4 Å². The smallest absolute Gasteiger partial charge is 0.230 e. The number of carbonyl (C=O) groups is 2. The Bertz CT molecular complexity index is 631. The van der Waals surface area contributed by atoms with Crippen LogP contribution in [0, 0.1) is 0 Å². The first kappa shape index (κ1) is 22.7. The number of nitrogens with two attached hydrogens (primary N) is 1. The van der Waals surface area contributed by atoms with Crippen LogP contribution in [-0.2, 0) is 27.3 Å². The molecule has 1 aliphatic rings. The summed E-state index contributed by atoms with van der Waals surface area (Å²) in [6.45, 7) is 5.62. The lowest BCUT2D eigenvalue weighted by Crippen LogP contribution is -2.33. The minimum atomic E-state index is -0.364. The number of ether oxygens (including phenoxy) is 1. The summed E-state index contributed by atoms with van der Waals surface area (Å²) in [5.74, 6) is 0.638. The monoisotopic (exact) mass is 411 g/mol. The van der Waals surface area contributed by atoms with Crippen LogP contribution in [0.15, 0.2) is 5.16 Å². The number of nitrogens with one attached hydrogen (secondary N) is 1. The molecule has 3 N–H and O–H groups in total. The Morgan fingerprint density at radius 3 is 2.89 bits per heavy atom. The second-order valence-electron chi connectivity index (χ2n) is 7.36. The van der Waals surface area contributed by atoms with Crippen molar-refractivity contribution in [3.05, 3.63) is 5.82 Å². The molecule has 1 aromatic rings. The second-order valence-corrected chi connectivity index (χ2v) is 8.31. The maximum Gasteiger partial charge on any atom is 0.230 e. The molecule has 9 heteroatoms. The van der Waals surface area contributed by atoms with Crippen molar-refractivity contribution in [1.29, 1.82) is 0 Å². The summed E-state index contributed by atoms with van der Waals surface area (Å²) in [5.41, 5.74) is 5.27. The molecular formula is C19H33N5O3S. The van der Waals surface area contributed by atoms with Crippen molar-refractivity contribution in [2.45, 2.75) is 89.1 Å². The molecule has 2 amide bonds. The fraction of sp³-hybridized carbons (Fsp3) is 0.789. The Hall–Kier alpha value is -1.61. The van der Waals surface area contributed by atoms with Gasteiger partial charge in [-0.3, -0.25) is 9.59 Å². The molecule has 1 aliphatic heterocycles. The third-order valence-electron chi connectivity index (χ3n) is 4.78. The Balaban J connectivity index is 1.91. The third-order valence-corrected chi connectivity index (χ3v) is 5.75. The Morgan fingerprint density at radius 2 is 2.21 bits per heavy atom. The van der Waals surface area contributed by atoms with Gasteiger partial charge in [-0.15, -0.1) is 10.2 Å². The maximum atomic E-state index is 12.3. The van der Waals surface area contributed by atoms with Crippen molar-refractivity contribution in [2.75, 3.05) is 12.4 Å². The highest BCUT2D eigenvalue weighted by atomic mass is 32.2. The highest BCUT2D eigenvalue weighted by Crippen LogP contribution is 2.22. The van der Waals surface area contributed by atoms with Crippen LogP contribution in [0.25, 0.3) is 0 Å². The average Bonchev–Trinajstić information content (AvgIpc) is 3.29. The summed E-state index contributed by atoms with van der Waals surface area (Å²) < 4.78 is 7.70. The van der Waals surface area contributed by atoms with Gasteiger partial charge in [0.2, 0.25) is 11.8 Å². The number of carbonyl (C=O) groups excluding carboxylic acids is 2. The summed E-state index contributed by atoms with van der Waals surface area (Å²) in [7, 11) is 0. The van der Waals surface area contributed by atoms with E-state index in [1.165, 1.54) is 24.6 Å². The van der Waals surface area contributed by atoms with Gasteiger partial charge in [0.25, 0.3) is 0 Å². The predicted molar refractivity (Wildman–Crippen MR) is 109 cm³/mol. The fourth-order valence-electron chi connectivity index (χ4n) is 3.24. The van der Waals surface area contributed by atoms with E-state index in [-0.39, 0.29) is 36.1 Å². The van der Waals surface area contributed by atoms with E-state index in [9.17, 15) is 9.59 Å². The number of hydrogen-bond donors (Lipinski definition) is 2. The number of unbranched alkanes of at least 4 members (excludes halogenated alkanes) is 2. The van der Waals surface area contributed by atoms with Crippen molar-refractivity contribution in [2.24, 2.45) is 5.73 Å². The summed E-state index contributed by atoms with van der Waals surface area (Å²) in [6, 6.07) is 0.176. The van der Waals surface area contributed by atoms with E-state index in [0.29, 0.717) is 23.9 Å². The molecule has 0 bridgehead atoms. The highest BCUT2D eigenvalue weighted by Gasteiger charge is 2.22. The number of nitrogens with zero attached hydrogens (tertiary/aromatic N) is 3. The molecule has 1 aromatic heterocycles. The van der Waals surface area contributed by atoms with Gasteiger partial charge in [0, 0.05) is 25.5 Å². The van der Waals surface area contributed by atoms with Crippen LogP contribution in [0.3, 0.4) is 0 Å². The van der Waals surface area contributed by atoms with Crippen molar-refractivity contribution < 1.29 is 14.3 Å². The molecule has 0 aliphatic carbocycles. The number of aromatic nitrogens is 3.